The molecule has 1 aromatic rings. The summed E-state index contributed by atoms with van der Waals surface area (Å²) in [6.45, 7) is 3.24. The Morgan fingerprint density at radius 3 is 2.81 bits per heavy atom. The lowest BCUT2D eigenvalue weighted by molar-refractivity contribution is 0.293. The zero-order chi connectivity index (χ0) is 11.8. The highest BCUT2D eigenvalue weighted by atomic mass is 35.5. The van der Waals surface area contributed by atoms with Gasteiger partial charge in [-0.05, 0) is 12.5 Å². The van der Waals surface area contributed by atoms with Crippen LogP contribution in [0.4, 0.5) is 0 Å². The van der Waals surface area contributed by atoms with Crippen LogP contribution in [0.15, 0.2) is 12.1 Å². The molecule has 0 aliphatic carbocycles. The largest absolute Gasteiger partial charge is 0.478 e. The van der Waals surface area contributed by atoms with Gasteiger partial charge in [0.15, 0.2) is 0 Å². The fourth-order valence-corrected chi connectivity index (χ4v) is 1.58. The zero-order valence-corrected chi connectivity index (χ0v) is 10.5. The highest BCUT2D eigenvalue weighted by Gasteiger charge is 2.02. The first-order valence-electron chi connectivity index (χ1n) is 5.76. The van der Waals surface area contributed by atoms with Crippen LogP contribution in [0.25, 0.3) is 0 Å². The number of nitrogens with two attached hydrogens (primary N) is 1. The van der Waals surface area contributed by atoms with Gasteiger partial charge in [-0.2, -0.15) is 0 Å². The van der Waals surface area contributed by atoms with Crippen molar-refractivity contribution in [2.75, 3.05) is 6.61 Å². The van der Waals surface area contributed by atoms with Crippen LogP contribution in [0, 0.1) is 0 Å². The highest BCUT2D eigenvalue weighted by Crippen LogP contribution is 2.17. The van der Waals surface area contributed by atoms with Gasteiger partial charge in [-0.1, -0.05) is 37.8 Å². The maximum absolute atomic E-state index is 5.90. The highest BCUT2D eigenvalue weighted by molar-refractivity contribution is 6.31. The molecule has 0 unspecified atom stereocenters. The van der Waals surface area contributed by atoms with E-state index in [4.69, 9.17) is 22.1 Å². The molecule has 1 rings (SSSR count). The minimum Gasteiger partial charge on any atom is -0.478 e. The average Bonchev–Trinajstić information content (AvgIpc) is 2.31. The second-order valence-corrected chi connectivity index (χ2v) is 4.10. The van der Waals surface area contributed by atoms with E-state index in [0.29, 0.717) is 29.7 Å². The van der Waals surface area contributed by atoms with Gasteiger partial charge in [0, 0.05) is 12.6 Å². The van der Waals surface area contributed by atoms with Gasteiger partial charge in [-0.15, -0.1) is 0 Å². The van der Waals surface area contributed by atoms with Gasteiger partial charge in [0.1, 0.15) is 0 Å². The molecule has 0 atom stereocenters. The van der Waals surface area contributed by atoms with Crippen molar-refractivity contribution in [3.63, 3.8) is 0 Å². The number of aromatic nitrogens is 1. The standard InChI is InChI=1S/C12H19ClN2O/c1-2-3-4-5-8-16-12-7-6-10(13)11(9-14)15-12/h6-7H,2-5,8-9,14H2,1H3. The number of rotatable bonds is 7. The minimum atomic E-state index is 0.339. The smallest absolute Gasteiger partial charge is 0.213 e. The maximum atomic E-state index is 5.90. The SMILES string of the molecule is CCCCCCOc1ccc(Cl)c(CN)n1. The summed E-state index contributed by atoms with van der Waals surface area (Å²) in [5.74, 6) is 0.612. The molecule has 0 bridgehead atoms. The fraction of sp³-hybridized carbons (Fsp3) is 0.583. The molecular weight excluding hydrogens is 224 g/mol. The van der Waals surface area contributed by atoms with Gasteiger partial charge in [-0.25, -0.2) is 4.98 Å². The van der Waals surface area contributed by atoms with E-state index in [0.717, 1.165) is 6.42 Å². The predicted molar refractivity (Wildman–Crippen MR) is 66.8 cm³/mol. The third kappa shape index (κ3) is 4.37. The number of pyridine rings is 1. The molecule has 0 aliphatic rings. The number of hydrogen-bond donors (Lipinski definition) is 1. The van der Waals surface area contributed by atoms with Gasteiger partial charge in [-0.3, -0.25) is 0 Å². The third-order valence-electron chi connectivity index (χ3n) is 2.33. The molecule has 0 radical (unpaired) electrons. The van der Waals surface area contributed by atoms with E-state index in [1.807, 2.05) is 0 Å². The topological polar surface area (TPSA) is 48.1 Å². The summed E-state index contributed by atoms with van der Waals surface area (Å²) in [6.07, 6.45) is 4.76. The minimum absolute atomic E-state index is 0.339. The molecule has 4 heteroatoms. The maximum Gasteiger partial charge on any atom is 0.213 e. The monoisotopic (exact) mass is 242 g/mol. The van der Waals surface area contributed by atoms with Crippen molar-refractivity contribution in [3.05, 3.63) is 22.8 Å². The van der Waals surface area contributed by atoms with Crippen LogP contribution in [0.3, 0.4) is 0 Å². The summed E-state index contributed by atoms with van der Waals surface area (Å²) >= 11 is 5.90. The molecule has 0 aromatic carbocycles. The summed E-state index contributed by atoms with van der Waals surface area (Å²) in [4.78, 5) is 4.23. The Morgan fingerprint density at radius 2 is 2.12 bits per heavy atom. The number of unbranched alkanes of at least 4 members (excludes halogenated alkanes) is 3. The van der Waals surface area contributed by atoms with E-state index in [9.17, 15) is 0 Å². The Labute approximate surface area is 102 Å². The lowest BCUT2D eigenvalue weighted by atomic mass is 10.2. The normalized spacial score (nSPS) is 10.4. The zero-order valence-electron chi connectivity index (χ0n) is 9.71. The van der Waals surface area contributed by atoms with Gasteiger partial charge < -0.3 is 10.5 Å². The van der Waals surface area contributed by atoms with Crippen molar-refractivity contribution >= 4 is 11.6 Å². The van der Waals surface area contributed by atoms with E-state index in [1.54, 1.807) is 12.1 Å². The first-order chi connectivity index (χ1) is 7.77. The van der Waals surface area contributed by atoms with Gasteiger partial charge >= 0.3 is 0 Å². The third-order valence-corrected chi connectivity index (χ3v) is 2.68. The molecular formula is C12H19ClN2O. The van der Waals surface area contributed by atoms with Crippen molar-refractivity contribution < 1.29 is 4.74 Å². The second kappa shape index (κ2) is 7.47. The Hall–Kier alpha value is -0.800. The van der Waals surface area contributed by atoms with Gasteiger partial charge in [0.25, 0.3) is 0 Å². The van der Waals surface area contributed by atoms with Crippen molar-refractivity contribution in [1.29, 1.82) is 0 Å². The Morgan fingerprint density at radius 1 is 1.31 bits per heavy atom. The summed E-state index contributed by atoms with van der Waals surface area (Å²) in [5, 5.41) is 0.598. The Kier molecular flexibility index (Phi) is 6.19. The van der Waals surface area contributed by atoms with E-state index < -0.39 is 0 Å². The summed E-state index contributed by atoms with van der Waals surface area (Å²) < 4.78 is 5.52. The van der Waals surface area contributed by atoms with Crippen LogP contribution in [0.2, 0.25) is 5.02 Å². The van der Waals surface area contributed by atoms with E-state index >= 15 is 0 Å². The van der Waals surface area contributed by atoms with Crippen LogP contribution >= 0.6 is 11.6 Å². The summed E-state index contributed by atoms with van der Waals surface area (Å²) in [5.41, 5.74) is 6.20. The molecule has 0 spiro atoms. The molecule has 0 saturated carbocycles. The van der Waals surface area contributed by atoms with E-state index in [2.05, 4.69) is 11.9 Å². The number of ether oxygens (including phenoxy) is 1. The van der Waals surface area contributed by atoms with Gasteiger partial charge in [0.2, 0.25) is 5.88 Å². The van der Waals surface area contributed by atoms with Crippen LogP contribution in [0.1, 0.15) is 38.3 Å². The first-order valence-corrected chi connectivity index (χ1v) is 6.14. The lowest BCUT2D eigenvalue weighted by Crippen LogP contribution is -2.04. The van der Waals surface area contributed by atoms with Crippen LogP contribution < -0.4 is 10.5 Å². The average molecular weight is 243 g/mol. The fourth-order valence-electron chi connectivity index (χ4n) is 1.39. The first kappa shape index (κ1) is 13.3. The van der Waals surface area contributed by atoms with Crippen molar-refractivity contribution in [2.24, 2.45) is 5.73 Å². The molecule has 1 heterocycles. The molecule has 0 fully saturated rings. The molecule has 1 aromatic heterocycles. The molecule has 3 nitrogen and oxygen atoms in total. The van der Waals surface area contributed by atoms with Crippen LogP contribution in [-0.4, -0.2) is 11.6 Å². The summed E-state index contributed by atoms with van der Waals surface area (Å²) in [7, 11) is 0. The van der Waals surface area contributed by atoms with E-state index in [-0.39, 0.29) is 0 Å². The second-order valence-electron chi connectivity index (χ2n) is 3.69. The molecule has 90 valence electrons. The molecule has 0 amide bonds. The molecule has 16 heavy (non-hydrogen) atoms. The van der Waals surface area contributed by atoms with E-state index in [1.165, 1.54) is 19.3 Å². The van der Waals surface area contributed by atoms with Crippen LogP contribution in [0.5, 0.6) is 5.88 Å². The number of halogens is 1. The van der Waals surface area contributed by atoms with Crippen molar-refractivity contribution in [1.82, 2.24) is 4.98 Å². The lowest BCUT2D eigenvalue weighted by Gasteiger charge is -2.07. The van der Waals surface area contributed by atoms with Crippen LogP contribution in [-0.2, 0) is 6.54 Å². The number of hydrogen-bond acceptors (Lipinski definition) is 3. The predicted octanol–water partition coefficient (Wildman–Crippen LogP) is 3.15. The van der Waals surface area contributed by atoms with Gasteiger partial charge in [0.05, 0.1) is 17.3 Å². The Bertz CT molecular complexity index is 318. The molecule has 2 N–H and O–H groups in total. The van der Waals surface area contributed by atoms with Crippen molar-refractivity contribution in [2.45, 2.75) is 39.2 Å². The summed E-state index contributed by atoms with van der Waals surface area (Å²) in [6, 6.07) is 3.55. The quantitative estimate of drug-likeness (QED) is 0.748. The Balaban J connectivity index is 2.36. The van der Waals surface area contributed by atoms with Crippen molar-refractivity contribution in [3.8, 4) is 5.88 Å². The number of nitrogens with zero attached hydrogens (tertiary/aromatic N) is 1. The molecule has 0 aliphatic heterocycles. The molecule has 0 saturated heterocycles.